The van der Waals surface area contributed by atoms with Gasteiger partial charge in [0.1, 0.15) is 5.75 Å². The molecule has 5 N–H and O–H groups in total. The van der Waals surface area contributed by atoms with Crippen molar-refractivity contribution < 1.29 is 39.0 Å². The van der Waals surface area contributed by atoms with Crippen LogP contribution in [0.15, 0.2) is 36.4 Å². The first kappa shape index (κ1) is 30.8. The number of nitrogens with zero attached hydrogens (tertiary/aromatic N) is 1. The Hall–Kier alpha value is -4.66. The van der Waals surface area contributed by atoms with Crippen molar-refractivity contribution in [2.24, 2.45) is 28.4 Å². The summed E-state index contributed by atoms with van der Waals surface area (Å²) in [5.74, 6) is -3.43. The molecular formula is C33H33N3O8. The Labute approximate surface area is 253 Å². The molecule has 0 heterocycles. The molecular weight excluding hydrogens is 566 g/mol. The van der Waals surface area contributed by atoms with Gasteiger partial charge in [-0.05, 0) is 74.3 Å². The smallest absolute Gasteiger partial charge is 0.235 e. The fourth-order valence-electron chi connectivity index (χ4n) is 7.82. The van der Waals surface area contributed by atoms with Gasteiger partial charge in [-0.15, -0.1) is 0 Å². The van der Waals surface area contributed by atoms with Crippen LogP contribution < -0.4 is 11.1 Å². The van der Waals surface area contributed by atoms with E-state index in [1.54, 1.807) is 37.3 Å². The van der Waals surface area contributed by atoms with Crippen LogP contribution >= 0.6 is 0 Å². The zero-order valence-corrected chi connectivity index (χ0v) is 25.0. The van der Waals surface area contributed by atoms with E-state index in [1.807, 2.05) is 0 Å². The van der Waals surface area contributed by atoms with Crippen LogP contribution in [0.25, 0.3) is 0 Å². The number of aromatic hydroxyl groups is 1. The second-order valence-corrected chi connectivity index (χ2v) is 12.8. The van der Waals surface area contributed by atoms with Gasteiger partial charge in [0.25, 0.3) is 0 Å². The van der Waals surface area contributed by atoms with Gasteiger partial charge in [-0.3, -0.25) is 33.7 Å². The topological polar surface area (TPSA) is 184 Å². The summed E-state index contributed by atoms with van der Waals surface area (Å²) >= 11 is 0. The molecule has 11 nitrogen and oxygen atoms in total. The number of primary amides is 1. The summed E-state index contributed by atoms with van der Waals surface area (Å²) in [6.45, 7) is 4.54. The fraction of sp³-hybridized carbons (Fsp3) is 0.394. The zero-order valence-electron chi connectivity index (χ0n) is 25.0. The van der Waals surface area contributed by atoms with E-state index in [1.165, 1.54) is 38.9 Å². The lowest BCUT2D eigenvalue weighted by atomic mass is 9.42. The molecule has 0 bridgehead atoms. The maximum atomic E-state index is 14.3. The number of nitrogens with one attached hydrogen (secondary N) is 1. The average Bonchev–Trinajstić information content (AvgIpc) is 2.90. The number of ketones is 4. The lowest BCUT2D eigenvalue weighted by molar-refractivity contribution is -0.203. The number of benzene rings is 2. The van der Waals surface area contributed by atoms with E-state index in [0.717, 1.165) is 0 Å². The monoisotopic (exact) mass is 599 g/mol. The maximum Gasteiger partial charge on any atom is 0.235 e. The van der Waals surface area contributed by atoms with Crippen molar-refractivity contribution in [3.63, 3.8) is 0 Å². The Balaban J connectivity index is 1.63. The largest absolute Gasteiger partial charge is 0.507 e. The summed E-state index contributed by atoms with van der Waals surface area (Å²) in [6.07, 6.45) is -0.0468. The minimum Gasteiger partial charge on any atom is -0.507 e. The molecule has 6 atom stereocenters. The third-order valence-electron chi connectivity index (χ3n) is 9.42. The summed E-state index contributed by atoms with van der Waals surface area (Å²) in [5.41, 5.74) is 1.58. The number of hydrogen-bond donors (Lipinski definition) is 4. The number of amides is 2. The van der Waals surface area contributed by atoms with E-state index in [-0.39, 0.29) is 30.1 Å². The molecule has 0 aromatic heterocycles. The number of likely N-dealkylation sites (N-methyl/N-ethyl adjacent to an activating group) is 1. The molecule has 2 saturated carbocycles. The van der Waals surface area contributed by atoms with Crippen molar-refractivity contribution in [3.8, 4) is 17.6 Å². The molecule has 44 heavy (non-hydrogen) atoms. The van der Waals surface area contributed by atoms with Gasteiger partial charge in [0, 0.05) is 29.2 Å². The van der Waals surface area contributed by atoms with E-state index in [4.69, 9.17) is 5.73 Å². The highest BCUT2D eigenvalue weighted by molar-refractivity contribution is 6.33. The van der Waals surface area contributed by atoms with Gasteiger partial charge < -0.3 is 21.3 Å². The lowest BCUT2D eigenvalue weighted by Gasteiger charge is -2.61. The Morgan fingerprint density at radius 1 is 1.00 bits per heavy atom. The first-order valence-electron chi connectivity index (χ1n) is 14.1. The summed E-state index contributed by atoms with van der Waals surface area (Å²) in [6, 6.07) is 8.44. The van der Waals surface area contributed by atoms with Crippen molar-refractivity contribution in [2.75, 3.05) is 19.4 Å². The van der Waals surface area contributed by atoms with Crippen LogP contribution in [0.1, 0.15) is 54.2 Å². The minimum absolute atomic E-state index is 0.0673. The molecule has 0 aliphatic heterocycles. The average molecular weight is 600 g/mol. The highest BCUT2D eigenvalue weighted by Gasteiger charge is 2.76. The summed E-state index contributed by atoms with van der Waals surface area (Å²) < 4.78 is 0. The molecule has 2 amide bonds. The standard InChI is InChI=1S/C33H33N3O8/c1-16(37)35-19-11-7-17(8-12-19)6-9-18-10-13-21(38)22-20(18)14-31(2)15-32(3)27(36(4)5)26(40)23(30(34)43)28(41)33(32,44)29(42)24(31)25(22)39/h7-8,10-13,23-24,27,38,44H,14-15H2,1-5H3,(H2,34,43)(H,35,37)/t23?,24?,27-,31+,32+,33-/m1/s1. The Morgan fingerprint density at radius 2 is 1.64 bits per heavy atom. The van der Waals surface area contributed by atoms with Crippen molar-refractivity contribution in [1.82, 2.24) is 4.90 Å². The number of carbonyl (C=O) groups is 6. The lowest BCUT2D eigenvalue weighted by Crippen LogP contribution is -2.79. The SMILES string of the molecule is CC(=O)Nc1ccc(C#Cc2ccc(O)c3c2C[C@@]2(C)C[C@@]4(C)[C@H](N(C)C)C(=O)C(C(N)=O)C(=O)[C@@]4(O)C(=O)C2C3=O)cc1. The van der Waals surface area contributed by atoms with Crippen LogP contribution in [0, 0.1) is 34.5 Å². The second-order valence-electron chi connectivity index (χ2n) is 12.8. The van der Waals surface area contributed by atoms with E-state index in [9.17, 15) is 39.0 Å². The van der Waals surface area contributed by atoms with Crippen molar-refractivity contribution in [2.45, 2.75) is 45.3 Å². The zero-order chi connectivity index (χ0) is 32.5. The Morgan fingerprint density at radius 3 is 2.20 bits per heavy atom. The van der Waals surface area contributed by atoms with Crippen molar-refractivity contribution in [3.05, 3.63) is 58.7 Å². The van der Waals surface area contributed by atoms with E-state index in [2.05, 4.69) is 17.2 Å². The van der Waals surface area contributed by atoms with E-state index < -0.39 is 63.3 Å². The molecule has 2 unspecified atom stereocenters. The van der Waals surface area contributed by atoms with Crippen LogP contribution in [0.3, 0.4) is 0 Å². The highest BCUT2D eigenvalue weighted by Crippen LogP contribution is 2.61. The first-order valence-corrected chi connectivity index (χ1v) is 14.1. The molecule has 0 spiro atoms. The number of fused-ring (bicyclic) bond motifs is 3. The van der Waals surface area contributed by atoms with Gasteiger partial charge >= 0.3 is 0 Å². The third kappa shape index (κ3) is 4.28. The highest BCUT2D eigenvalue weighted by atomic mass is 16.3. The van der Waals surface area contributed by atoms with E-state index >= 15 is 0 Å². The summed E-state index contributed by atoms with van der Waals surface area (Å²) in [5, 5.41) is 25.5. The summed E-state index contributed by atoms with van der Waals surface area (Å²) in [4.78, 5) is 80.6. The number of phenolic OH excluding ortho intramolecular Hbond substituents is 1. The number of carbonyl (C=O) groups excluding carboxylic acids is 6. The van der Waals surface area contributed by atoms with Gasteiger partial charge in [-0.1, -0.05) is 25.7 Å². The molecule has 2 aromatic rings. The second kappa shape index (κ2) is 10.2. The van der Waals surface area contributed by atoms with Gasteiger partial charge in [0.2, 0.25) is 11.8 Å². The number of aliphatic hydroxyl groups is 1. The molecule has 0 radical (unpaired) electrons. The van der Waals surface area contributed by atoms with Gasteiger partial charge in [-0.2, -0.15) is 0 Å². The summed E-state index contributed by atoms with van der Waals surface area (Å²) in [7, 11) is 3.08. The van der Waals surface area contributed by atoms with Crippen molar-refractivity contribution >= 4 is 40.6 Å². The number of nitrogens with two attached hydrogens (primary N) is 1. The molecule has 3 aliphatic carbocycles. The molecule has 3 aliphatic rings. The third-order valence-corrected chi connectivity index (χ3v) is 9.42. The predicted octanol–water partition coefficient (Wildman–Crippen LogP) is 1.01. The van der Waals surface area contributed by atoms with Gasteiger partial charge in [-0.25, -0.2) is 0 Å². The van der Waals surface area contributed by atoms with Gasteiger partial charge in [0.15, 0.2) is 34.7 Å². The van der Waals surface area contributed by atoms with Crippen LogP contribution in [0.4, 0.5) is 5.69 Å². The fourth-order valence-corrected chi connectivity index (χ4v) is 7.82. The molecule has 2 fully saturated rings. The number of hydrogen-bond acceptors (Lipinski definition) is 9. The molecule has 11 heteroatoms. The van der Waals surface area contributed by atoms with Crippen LogP contribution in [0.2, 0.25) is 0 Å². The van der Waals surface area contributed by atoms with Crippen LogP contribution in [-0.4, -0.2) is 75.8 Å². The first-order chi connectivity index (χ1) is 20.5. The van der Waals surface area contributed by atoms with E-state index in [0.29, 0.717) is 22.4 Å². The molecule has 0 saturated heterocycles. The molecule has 5 rings (SSSR count). The van der Waals surface area contributed by atoms with Crippen molar-refractivity contribution in [1.29, 1.82) is 0 Å². The quantitative estimate of drug-likeness (QED) is 0.295. The number of anilines is 1. The molecule has 228 valence electrons. The Kier molecular flexibility index (Phi) is 7.15. The maximum absolute atomic E-state index is 14.3. The number of phenols is 1. The molecule has 2 aromatic carbocycles. The van der Waals surface area contributed by atoms with Crippen LogP contribution in [0.5, 0.6) is 5.75 Å². The van der Waals surface area contributed by atoms with Gasteiger partial charge in [0.05, 0.1) is 17.5 Å². The minimum atomic E-state index is -2.86. The Bertz CT molecular complexity index is 1740. The number of Topliss-reactive ketones (excluding diaryl/α,β-unsaturated/α-hetero) is 4. The normalized spacial score (nSPS) is 30.9. The predicted molar refractivity (Wildman–Crippen MR) is 157 cm³/mol. The number of rotatable bonds is 3. The van der Waals surface area contributed by atoms with Crippen LogP contribution in [-0.2, 0) is 30.4 Å².